The van der Waals surface area contributed by atoms with Crippen LogP contribution >= 0.6 is 23.1 Å². The van der Waals surface area contributed by atoms with Gasteiger partial charge in [0.05, 0.1) is 36.2 Å². The van der Waals surface area contributed by atoms with Crippen molar-refractivity contribution in [2.75, 3.05) is 31.7 Å². The van der Waals surface area contributed by atoms with Crippen molar-refractivity contribution in [2.45, 2.75) is 6.04 Å². The summed E-state index contributed by atoms with van der Waals surface area (Å²) < 4.78 is 15.8. The van der Waals surface area contributed by atoms with Crippen molar-refractivity contribution in [3.63, 3.8) is 0 Å². The molecular weight excluding hydrogens is 478 g/mol. The molecule has 3 N–H and O–H groups in total. The fraction of sp³-hybridized carbons (Fsp3) is 0.217. The number of nitrogens with one attached hydrogen (secondary N) is 1. The summed E-state index contributed by atoms with van der Waals surface area (Å²) in [6.07, 6.45) is 3.04. The fourth-order valence-corrected chi connectivity index (χ4v) is 4.39. The topological polar surface area (TPSA) is 122 Å². The van der Waals surface area contributed by atoms with Crippen LogP contribution in [0.1, 0.15) is 5.69 Å². The number of aromatic nitrogens is 3. The predicted octanol–water partition coefficient (Wildman–Crippen LogP) is 3.69. The van der Waals surface area contributed by atoms with Gasteiger partial charge in [-0.2, -0.15) is 4.37 Å². The summed E-state index contributed by atoms with van der Waals surface area (Å²) in [5.41, 5.74) is 3.54. The quantitative estimate of drug-likeness (QED) is 0.330. The van der Waals surface area contributed by atoms with Crippen LogP contribution in [0, 0.1) is 0 Å². The summed E-state index contributed by atoms with van der Waals surface area (Å²) >= 11 is 7.96. The van der Waals surface area contributed by atoms with Crippen molar-refractivity contribution in [2.24, 2.45) is 4.99 Å². The SMILES string of the molecule is OCC(CO)N=Cc1cnc2c(Nc3cccc(-c4ccc5c(c4)OCCO5)c3Cl)nsc2n1. The van der Waals surface area contributed by atoms with E-state index in [1.165, 1.54) is 17.7 Å². The van der Waals surface area contributed by atoms with E-state index in [4.69, 9.17) is 31.3 Å². The fourth-order valence-electron chi connectivity index (χ4n) is 3.41. The largest absolute Gasteiger partial charge is 0.486 e. The predicted molar refractivity (Wildman–Crippen MR) is 132 cm³/mol. The molecule has 0 radical (unpaired) electrons. The molecule has 0 aliphatic carbocycles. The smallest absolute Gasteiger partial charge is 0.172 e. The molecule has 0 unspecified atom stereocenters. The Hall–Kier alpha value is -3.31. The van der Waals surface area contributed by atoms with Crippen LogP contribution < -0.4 is 14.8 Å². The minimum Gasteiger partial charge on any atom is -0.486 e. The molecule has 2 aromatic heterocycles. The van der Waals surface area contributed by atoms with Gasteiger partial charge in [-0.1, -0.05) is 29.8 Å². The van der Waals surface area contributed by atoms with Gasteiger partial charge in [-0.25, -0.2) is 9.97 Å². The van der Waals surface area contributed by atoms with Gasteiger partial charge < -0.3 is 25.0 Å². The Morgan fingerprint density at radius 3 is 2.79 bits per heavy atom. The lowest BCUT2D eigenvalue weighted by Crippen LogP contribution is -2.15. The van der Waals surface area contributed by atoms with Crippen LogP contribution in [0.25, 0.3) is 21.5 Å². The van der Waals surface area contributed by atoms with Gasteiger partial charge in [-0.3, -0.25) is 4.99 Å². The number of benzene rings is 2. The van der Waals surface area contributed by atoms with Gasteiger partial charge in [0.25, 0.3) is 0 Å². The van der Waals surface area contributed by atoms with Crippen LogP contribution in [0.2, 0.25) is 5.02 Å². The lowest BCUT2D eigenvalue weighted by atomic mass is 10.0. The highest BCUT2D eigenvalue weighted by atomic mass is 35.5. The van der Waals surface area contributed by atoms with E-state index in [0.717, 1.165) is 16.9 Å². The van der Waals surface area contributed by atoms with E-state index in [0.29, 0.717) is 51.5 Å². The second-order valence-corrected chi connectivity index (χ2v) is 8.56. The average Bonchev–Trinajstić information content (AvgIpc) is 3.27. The molecule has 2 aromatic carbocycles. The van der Waals surface area contributed by atoms with Gasteiger partial charge >= 0.3 is 0 Å². The Labute approximate surface area is 203 Å². The summed E-state index contributed by atoms with van der Waals surface area (Å²) in [5.74, 6) is 1.96. The normalized spacial score (nSPS) is 13.2. The summed E-state index contributed by atoms with van der Waals surface area (Å²) in [5, 5.41) is 22.1. The van der Waals surface area contributed by atoms with Crippen LogP contribution in [-0.2, 0) is 0 Å². The first-order valence-electron chi connectivity index (χ1n) is 10.5. The molecule has 0 bridgehead atoms. The number of fused-ring (bicyclic) bond motifs is 2. The molecule has 174 valence electrons. The molecule has 9 nitrogen and oxygen atoms in total. The van der Waals surface area contributed by atoms with Crippen molar-refractivity contribution >= 4 is 51.2 Å². The van der Waals surface area contributed by atoms with Crippen molar-refractivity contribution in [3.05, 3.63) is 53.3 Å². The van der Waals surface area contributed by atoms with Gasteiger partial charge in [-0.05, 0) is 35.3 Å². The van der Waals surface area contributed by atoms with Crippen molar-refractivity contribution in [1.82, 2.24) is 14.3 Å². The summed E-state index contributed by atoms with van der Waals surface area (Å²) in [6.45, 7) is 0.560. The van der Waals surface area contributed by atoms with Crippen molar-refractivity contribution in [3.8, 4) is 22.6 Å². The lowest BCUT2D eigenvalue weighted by molar-refractivity contribution is 0.171. The zero-order chi connectivity index (χ0) is 23.5. The average molecular weight is 498 g/mol. The second kappa shape index (κ2) is 9.90. The standard InChI is InChI=1S/C23H20ClN5O4S/c24-20-16(13-4-5-18-19(8-13)33-7-6-32-18)2-1-3-17(20)28-22-21-23(34-29-22)27-14(10-26-21)9-25-15(11-30)12-31/h1-5,8-10,15,30-31H,6-7,11-12H2,(H,28,29). The molecular formula is C23H20ClN5O4S. The maximum absolute atomic E-state index is 9.14. The zero-order valence-corrected chi connectivity index (χ0v) is 19.4. The number of nitrogens with zero attached hydrogens (tertiary/aromatic N) is 4. The number of aliphatic hydroxyl groups is 2. The third kappa shape index (κ3) is 4.53. The minimum absolute atomic E-state index is 0.247. The highest BCUT2D eigenvalue weighted by Gasteiger charge is 2.16. The number of halogens is 1. The Morgan fingerprint density at radius 1 is 1.15 bits per heavy atom. The molecule has 1 aliphatic heterocycles. The number of hydrogen-bond donors (Lipinski definition) is 3. The van der Waals surface area contributed by atoms with Gasteiger partial charge in [-0.15, -0.1) is 0 Å². The number of rotatable bonds is 7. The molecule has 3 heterocycles. The maximum atomic E-state index is 9.14. The maximum Gasteiger partial charge on any atom is 0.172 e. The number of ether oxygens (including phenoxy) is 2. The third-order valence-electron chi connectivity index (χ3n) is 5.15. The monoisotopic (exact) mass is 497 g/mol. The summed E-state index contributed by atoms with van der Waals surface area (Å²) in [6, 6.07) is 10.9. The molecule has 0 atom stereocenters. The van der Waals surface area contributed by atoms with Gasteiger partial charge in [0, 0.05) is 11.8 Å². The molecule has 5 rings (SSSR count). The first-order chi connectivity index (χ1) is 16.7. The van der Waals surface area contributed by atoms with E-state index in [2.05, 4.69) is 24.7 Å². The highest BCUT2D eigenvalue weighted by molar-refractivity contribution is 7.13. The van der Waals surface area contributed by atoms with Crippen LogP contribution in [0.4, 0.5) is 11.5 Å². The molecule has 11 heteroatoms. The Morgan fingerprint density at radius 2 is 1.97 bits per heavy atom. The third-order valence-corrected chi connectivity index (χ3v) is 6.29. The van der Waals surface area contributed by atoms with E-state index in [9.17, 15) is 0 Å². The molecule has 4 aromatic rings. The zero-order valence-electron chi connectivity index (χ0n) is 17.8. The van der Waals surface area contributed by atoms with Gasteiger partial charge in [0.15, 0.2) is 22.1 Å². The molecule has 0 fully saturated rings. The van der Waals surface area contributed by atoms with E-state index in [-0.39, 0.29) is 13.2 Å². The van der Waals surface area contributed by atoms with E-state index < -0.39 is 6.04 Å². The number of aliphatic hydroxyl groups excluding tert-OH is 2. The van der Waals surface area contributed by atoms with Crippen LogP contribution in [-0.4, -0.2) is 63.2 Å². The van der Waals surface area contributed by atoms with Crippen molar-refractivity contribution in [1.29, 1.82) is 0 Å². The summed E-state index contributed by atoms with van der Waals surface area (Å²) in [7, 11) is 0. The van der Waals surface area contributed by atoms with Crippen LogP contribution in [0.15, 0.2) is 47.6 Å². The summed E-state index contributed by atoms with van der Waals surface area (Å²) in [4.78, 5) is 13.7. The molecule has 1 aliphatic rings. The number of hydrogen-bond acceptors (Lipinski definition) is 10. The molecule has 0 saturated heterocycles. The van der Waals surface area contributed by atoms with E-state index in [1.807, 2.05) is 36.4 Å². The molecule has 0 saturated carbocycles. The minimum atomic E-state index is -0.584. The molecule has 34 heavy (non-hydrogen) atoms. The second-order valence-electron chi connectivity index (χ2n) is 7.43. The van der Waals surface area contributed by atoms with Crippen LogP contribution in [0.3, 0.4) is 0 Å². The number of aliphatic imine (C=N–C) groups is 1. The highest BCUT2D eigenvalue weighted by Crippen LogP contribution is 2.40. The van der Waals surface area contributed by atoms with E-state index in [1.54, 1.807) is 6.20 Å². The molecule has 0 amide bonds. The van der Waals surface area contributed by atoms with Gasteiger partial charge in [0.1, 0.15) is 24.4 Å². The number of anilines is 2. The van der Waals surface area contributed by atoms with Crippen molar-refractivity contribution < 1.29 is 19.7 Å². The Balaban J connectivity index is 1.41. The first kappa shape index (κ1) is 22.5. The first-order valence-corrected chi connectivity index (χ1v) is 11.6. The Bertz CT molecular complexity index is 1360. The van der Waals surface area contributed by atoms with E-state index >= 15 is 0 Å². The lowest BCUT2D eigenvalue weighted by Gasteiger charge is -2.19. The van der Waals surface area contributed by atoms with Crippen LogP contribution in [0.5, 0.6) is 11.5 Å². The van der Waals surface area contributed by atoms with Gasteiger partial charge in [0.2, 0.25) is 0 Å². The Kier molecular flexibility index (Phi) is 6.54. The molecule has 0 spiro atoms.